The number of hydrogen-bond acceptors (Lipinski definition) is 4. The molecule has 2 atom stereocenters. The molecule has 0 heterocycles. The van der Waals surface area contributed by atoms with Crippen LogP contribution in [-0.2, 0) is 14.0 Å². The maximum absolute atomic E-state index is 12.8. The molecule has 0 rings (SSSR count). The fraction of sp³-hybridized carbons (Fsp3) is 0.810. The molecule has 6 heteroatoms. The minimum Gasteiger partial charge on any atom is -0.435 e. The highest BCUT2D eigenvalue weighted by Gasteiger charge is 2.42. The minimum absolute atomic E-state index is 0.00270. The lowest BCUT2D eigenvalue weighted by molar-refractivity contribution is -0.128. The van der Waals surface area contributed by atoms with Crippen molar-refractivity contribution in [3.63, 3.8) is 0 Å². The van der Waals surface area contributed by atoms with Crippen molar-refractivity contribution in [3.05, 3.63) is 11.6 Å². The Hall–Kier alpha value is -1.14. The number of nitrogens with zero attached hydrogens (tertiary/aromatic N) is 1. The van der Waals surface area contributed by atoms with E-state index in [9.17, 15) is 9.59 Å². The lowest BCUT2D eigenvalue weighted by atomic mass is 10.1. The fourth-order valence-corrected chi connectivity index (χ4v) is 4.05. The molecule has 0 aliphatic carbocycles. The number of rotatable bonds is 8. The van der Waals surface area contributed by atoms with E-state index >= 15 is 0 Å². The second kappa shape index (κ2) is 9.87. The maximum Gasteiger partial charge on any atom is 0.411 e. The van der Waals surface area contributed by atoms with E-state index in [4.69, 9.17) is 9.16 Å². The zero-order valence-corrected chi connectivity index (χ0v) is 20.5. The minimum atomic E-state index is -2.12. The van der Waals surface area contributed by atoms with Gasteiger partial charge in [-0.25, -0.2) is 4.79 Å². The first-order valence-electron chi connectivity index (χ1n) is 9.86. The van der Waals surface area contributed by atoms with E-state index in [2.05, 4.69) is 33.9 Å². The maximum atomic E-state index is 12.8. The van der Waals surface area contributed by atoms with Crippen molar-refractivity contribution in [3.8, 4) is 0 Å². The molecule has 158 valence electrons. The summed E-state index contributed by atoms with van der Waals surface area (Å²) in [4.78, 5) is 27.2. The molecule has 0 unspecified atom stereocenters. The zero-order valence-electron chi connectivity index (χ0n) is 19.5. The average molecular weight is 400 g/mol. The van der Waals surface area contributed by atoms with E-state index in [1.54, 1.807) is 4.90 Å². The van der Waals surface area contributed by atoms with E-state index < -0.39 is 26.6 Å². The summed E-state index contributed by atoms with van der Waals surface area (Å²) in [6, 6.07) is -0.0401. The van der Waals surface area contributed by atoms with Gasteiger partial charge in [-0.2, -0.15) is 0 Å². The third-order valence-corrected chi connectivity index (χ3v) is 9.55. The standard InChI is InChI=1S/C21H41NO4Si/c1-14(2)13-18(23)19(17(7)26-27(11,12)21(8,9)10)25-20(24)22(15(3)4)16(5)6/h13,15-17,19H,1-12H3/t17-,19-/m0/s1. The van der Waals surface area contributed by atoms with Crippen LogP contribution in [-0.4, -0.2) is 49.4 Å². The van der Waals surface area contributed by atoms with E-state index in [0.29, 0.717) is 0 Å². The zero-order chi connectivity index (χ0) is 21.7. The molecule has 0 saturated heterocycles. The molecule has 0 fully saturated rings. The van der Waals surface area contributed by atoms with Crippen LogP contribution < -0.4 is 0 Å². The van der Waals surface area contributed by atoms with Gasteiger partial charge in [0.05, 0.1) is 6.10 Å². The summed E-state index contributed by atoms with van der Waals surface area (Å²) in [5.41, 5.74) is 0.866. The SMILES string of the molecule is CC(C)=CC(=O)[C@@H](OC(=O)N(C(C)C)C(C)C)[C@H](C)O[Si](C)(C)C(C)(C)C. The second-order valence-corrected chi connectivity index (χ2v) is 14.4. The molecular weight excluding hydrogens is 358 g/mol. The smallest absolute Gasteiger partial charge is 0.411 e. The molecule has 1 amide bonds. The van der Waals surface area contributed by atoms with Gasteiger partial charge in [0.1, 0.15) is 0 Å². The predicted molar refractivity (Wildman–Crippen MR) is 115 cm³/mol. The van der Waals surface area contributed by atoms with Gasteiger partial charge in [-0.05, 0) is 72.7 Å². The van der Waals surface area contributed by atoms with Crippen molar-refractivity contribution >= 4 is 20.2 Å². The summed E-state index contributed by atoms with van der Waals surface area (Å²) >= 11 is 0. The molecule has 5 nitrogen and oxygen atoms in total. The molecule has 27 heavy (non-hydrogen) atoms. The summed E-state index contributed by atoms with van der Waals surface area (Å²) in [5.74, 6) is -0.234. The monoisotopic (exact) mass is 399 g/mol. The fourth-order valence-electron chi connectivity index (χ4n) is 2.64. The lowest BCUT2D eigenvalue weighted by Gasteiger charge is -2.40. The highest BCUT2D eigenvalue weighted by molar-refractivity contribution is 6.74. The van der Waals surface area contributed by atoms with E-state index in [1.807, 2.05) is 48.5 Å². The molecule has 0 aliphatic heterocycles. The molecule has 0 saturated carbocycles. The molecule has 0 radical (unpaired) electrons. The van der Waals surface area contributed by atoms with E-state index in [0.717, 1.165) is 5.57 Å². The number of hydrogen-bond donors (Lipinski definition) is 0. The molecular formula is C21H41NO4Si. The largest absolute Gasteiger partial charge is 0.435 e. The summed E-state index contributed by atoms with van der Waals surface area (Å²) in [6.45, 7) is 23.9. The average Bonchev–Trinajstić information content (AvgIpc) is 2.40. The highest BCUT2D eigenvalue weighted by atomic mass is 28.4. The Balaban J connectivity index is 5.69. The summed E-state index contributed by atoms with van der Waals surface area (Å²) < 4.78 is 12.1. The molecule has 0 aromatic rings. The number of ether oxygens (including phenoxy) is 1. The Labute approximate surface area is 167 Å². The normalized spacial score (nSPS) is 14.7. The van der Waals surface area contributed by atoms with Crippen LogP contribution in [0.5, 0.6) is 0 Å². The van der Waals surface area contributed by atoms with Crippen molar-refractivity contribution < 1.29 is 18.8 Å². The second-order valence-electron chi connectivity index (χ2n) is 9.61. The van der Waals surface area contributed by atoms with Crippen molar-refractivity contribution in [2.75, 3.05) is 0 Å². The van der Waals surface area contributed by atoms with Crippen LogP contribution >= 0.6 is 0 Å². The van der Waals surface area contributed by atoms with E-state index in [-0.39, 0.29) is 22.9 Å². The third kappa shape index (κ3) is 7.78. The van der Waals surface area contributed by atoms with Gasteiger partial charge in [0.15, 0.2) is 20.2 Å². The van der Waals surface area contributed by atoms with Gasteiger partial charge in [-0.3, -0.25) is 4.79 Å². The summed E-state index contributed by atoms with van der Waals surface area (Å²) in [6.07, 6.45) is -0.426. The lowest BCUT2D eigenvalue weighted by Crippen LogP contribution is -2.51. The highest BCUT2D eigenvalue weighted by Crippen LogP contribution is 2.37. The van der Waals surface area contributed by atoms with Crippen molar-refractivity contribution in [2.45, 2.75) is 112 Å². The number of ketones is 1. The van der Waals surface area contributed by atoms with Crippen molar-refractivity contribution in [1.29, 1.82) is 0 Å². The van der Waals surface area contributed by atoms with Crippen molar-refractivity contribution in [1.82, 2.24) is 4.90 Å². The molecule has 0 aromatic heterocycles. The van der Waals surface area contributed by atoms with Gasteiger partial charge >= 0.3 is 6.09 Å². The Morgan fingerprint density at radius 1 is 0.963 bits per heavy atom. The first-order valence-corrected chi connectivity index (χ1v) is 12.8. The topological polar surface area (TPSA) is 55.8 Å². The summed E-state index contributed by atoms with van der Waals surface area (Å²) in [7, 11) is -2.12. The van der Waals surface area contributed by atoms with Crippen LogP contribution in [0.2, 0.25) is 18.1 Å². The number of carbonyl (C=O) groups excluding carboxylic acids is 2. The molecule has 0 N–H and O–H groups in total. The van der Waals surface area contributed by atoms with Crippen LogP contribution in [0.3, 0.4) is 0 Å². The van der Waals surface area contributed by atoms with Crippen LogP contribution in [0.4, 0.5) is 4.79 Å². The predicted octanol–water partition coefficient (Wildman–Crippen LogP) is 5.56. The van der Waals surface area contributed by atoms with Gasteiger partial charge in [0.2, 0.25) is 0 Å². The molecule has 0 spiro atoms. The van der Waals surface area contributed by atoms with Crippen LogP contribution in [0.25, 0.3) is 0 Å². The molecule has 0 bridgehead atoms. The molecule has 0 aromatic carbocycles. The summed E-state index contributed by atoms with van der Waals surface area (Å²) in [5, 5.41) is -0.00270. The number of allylic oxidation sites excluding steroid dienone is 1. The van der Waals surface area contributed by atoms with Gasteiger partial charge in [-0.15, -0.1) is 0 Å². The van der Waals surface area contributed by atoms with Crippen molar-refractivity contribution in [2.24, 2.45) is 0 Å². The molecule has 0 aliphatic rings. The van der Waals surface area contributed by atoms with Crippen LogP contribution in [0.15, 0.2) is 11.6 Å². The van der Waals surface area contributed by atoms with Crippen LogP contribution in [0.1, 0.15) is 69.2 Å². The Morgan fingerprint density at radius 3 is 1.74 bits per heavy atom. The van der Waals surface area contributed by atoms with Gasteiger partial charge in [0.25, 0.3) is 0 Å². The van der Waals surface area contributed by atoms with Gasteiger partial charge in [0, 0.05) is 12.1 Å². The Bertz CT molecular complexity index is 535. The number of carbonyl (C=O) groups is 2. The Morgan fingerprint density at radius 2 is 1.41 bits per heavy atom. The third-order valence-electron chi connectivity index (χ3n) is 4.98. The van der Waals surface area contributed by atoms with E-state index in [1.165, 1.54) is 6.08 Å². The van der Waals surface area contributed by atoms with Crippen LogP contribution in [0, 0.1) is 0 Å². The van der Waals surface area contributed by atoms with Gasteiger partial charge < -0.3 is 14.1 Å². The Kier molecular flexibility index (Phi) is 9.45. The van der Waals surface area contributed by atoms with Gasteiger partial charge in [-0.1, -0.05) is 26.3 Å². The quantitative estimate of drug-likeness (QED) is 0.396. The number of amides is 1. The first kappa shape index (κ1) is 25.9. The first-order chi connectivity index (χ1) is 12.0.